The van der Waals surface area contributed by atoms with E-state index in [2.05, 4.69) is 5.32 Å². The summed E-state index contributed by atoms with van der Waals surface area (Å²) in [6.45, 7) is -0.341. The SMILES string of the molecule is O=C(CCOc1cccc(F)c1)NCC(O)C(=O)O. The van der Waals surface area contributed by atoms with Crippen LogP contribution in [0.15, 0.2) is 24.3 Å². The number of carboxylic acids is 1. The number of carboxylic acid groups (broad SMARTS) is 1. The van der Waals surface area contributed by atoms with Crippen molar-refractivity contribution in [3.8, 4) is 5.75 Å². The number of halogens is 1. The smallest absolute Gasteiger partial charge is 0.334 e. The van der Waals surface area contributed by atoms with E-state index in [9.17, 15) is 14.0 Å². The largest absolute Gasteiger partial charge is 0.493 e. The standard InChI is InChI=1S/C12H14FNO5/c13-8-2-1-3-9(6-8)19-5-4-11(16)14-7-10(15)12(17)18/h1-3,6,10,15H,4-5,7H2,(H,14,16)(H,17,18). The number of hydrogen-bond donors (Lipinski definition) is 3. The van der Waals surface area contributed by atoms with Gasteiger partial charge in [-0.15, -0.1) is 0 Å². The number of carbonyl (C=O) groups is 2. The minimum atomic E-state index is -1.63. The van der Waals surface area contributed by atoms with Gasteiger partial charge in [-0.3, -0.25) is 4.79 Å². The van der Waals surface area contributed by atoms with E-state index in [-0.39, 0.29) is 19.6 Å². The van der Waals surface area contributed by atoms with Crippen molar-refractivity contribution in [1.82, 2.24) is 5.32 Å². The number of amides is 1. The van der Waals surface area contributed by atoms with Crippen molar-refractivity contribution >= 4 is 11.9 Å². The topological polar surface area (TPSA) is 95.9 Å². The van der Waals surface area contributed by atoms with Crippen molar-refractivity contribution in [1.29, 1.82) is 0 Å². The summed E-state index contributed by atoms with van der Waals surface area (Å²) in [5.74, 6) is -2.00. The van der Waals surface area contributed by atoms with Crippen LogP contribution in [0.4, 0.5) is 4.39 Å². The van der Waals surface area contributed by atoms with Crippen molar-refractivity contribution in [3.63, 3.8) is 0 Å². The summed E-state index contributed by atoms with van der Waals surface area (Å²) >= 11 is 0. The van der Waals surface area contributed by atoms with E-state index in [1.165, 1.54) is 18.2 Å². The molecule has 1 atom stereocenters. The molecule has 0 bridgehead atoms. The first-order valence-electron chi connectivity index (χ1n) is 5.55. The van der Waals surface area contributed by atoms with Gasteiger partial charge in [-0.05, 0) is 12.1 Å². The molecule has 1 amide bonds. The van der Waals surface area contributed by atoms with Crippen molar-refractivity contribution < 1.29 is 28.9 Å². The van der Waals surface area contributed by atoms with Crippen LogP contribution in [0.3, 0.4) is 0 Å². The molecule has 1 unspecified atom stereocenters. The van der Waals surface area contributed by atoms with Crippen LogP contribution in [0.25, 0.3) is 0 Å². The van der Waals surface area contributed by atoms with E-state index >= 15 is 0 Å². The summed E-state index contributed by atoms with van der Waals surface area (Å²) < 4.78 is 17.9. The second-order valence-corrected chi connectivity index (χ2v) is 3.71. The third kappa shape index (κ3) is 5.82. The zero-order valence-electron chi connectivity index (χ0n) is 10.0. The summed E-state index contributed by atoms with van der Waals surface area (Å²) in [6, 6.07) is 5.49. The average Bonchev–Trinajstić information content (AvgIpc) is 2.36. The Balaban J connectivity index is 2.22. The highest BCUT2D eigenvalue weighted by molar-refractivity contribution is 5.78. The predicted molar refractivity (Wildman–Crippen MR) is 63.2 cm³/mol. The highest BCUT2D eigenvalue weighted by Crippen LogP contribution is 2.11. The van der Waals surface area contributed by atoms with Crippen molar-refractivity contribution in [2.75, 3.05) is 13.2 Å². The Kier molecular flexibility index (Phi) is 5.74. The molecule has 0 radical (unpaired) electrons. The summed E-state index contributed by atoms with van der Waals surface area (Å²) in [5, 5.41) is 19.5. The fourth-order valence-electron chi connectivity index (χ4n) is 1.20. The number of nitrogens with one attached hydrogen (secondary N) is 1. The molecule has 6 nitrogen and oxygen atoms in total. The van der Waals surface area contributed by atoms with E-state index in [0.717, 1.165) is 0 Å². The van der Waals surface area contributed by atoms with Gasteiger partial charge < -0.3 is 20.3 Å². The van der Waals surface area contributed by atoms with Crippen LogP contribution in [0, 0.1) is 5.82 Å². The molecule has 0 saturated carbocycles. The Morgan fingerprint density at radius 2 is 2.16 bits per heavy atom. The Morgan fingerprint density at radius 1 is 1.42 bits per heavy atom. The van der Waals surface area contributed by atoms with Crippen molar-refractivity contribution in [2.24, 2.45) is 0 Å². The zero-order valence-corrected chi connectivity index (χ0v) is 10.0. The average molecular weight is 271 g/mol. The highest BCUT2D eigenvalue weighted by atomic mass is 19.1. The summed E-state index contributed by atoms with van der Waals surface area (Å²) in [5.41, 5.74) is 0. The van der Waals surface area contributed by atoms with Crippen LogP contribution in [0.1, 0.15) is 6.42 Å². The molecular weight excluding hydrogens is 257 g/mol. The van der Waals surface area contributed by atoms with Gasteiger partial charge >= 0.3 is 5.97 Å². The van der Waals surface area contributed by atoms with Gasteiger partial charge in [-0.25, -0.2) is 9.18 Å². The van der Waals surface area contributed by atoms with Crippen LogP contribution >= 0.6 is 0 Å². The molecule has 0 aliphatic rings. The monoisotopic (exact) mass is 271 g/mol. The fraction of sp³-hybridized carbons (Fsp3) is 0.333. The van der Waals surface area contributed by atoms with E-state index in [0.29, 0.717) is 5.75 Å². The van der Waals surface area contributed by atoms with Gasteiger partial charge in [-0.1, -0.05) is 6.07 Å². The number of benzene rings is 1. The maximum atomic E-state index is 12.8. The lowest BCUT2D eigenvalue weighted by Gasteiger charge is -2.08. The third-order valence-electron chi connectivity index (χ3n) is 2.17. The molecule has 19 heavy (non-hydrogen) atoms. The van der Waals surface area contributed by atoms with Crippen molar-refractivity contribution in [2.45, 2.75) is 12.5 Å². The highest BCUT2D eigenvalue weighted by Gasteiger charge is 2.13. The van der Waals surface area contributed by atoms with Gasteiger partial charge in [0.1, 0.15) is 11.6 Å². The maximum Gasteiger partial charge on any atom is 0.334 e. The Morgan fingerprint density at radius 3 is 2.79 bits per heavy atom. The lowest BCUT2D eigenvalue weighted by atomic mass is 10.3. The zero-order chi connectivity index (χ0) is 14.3. The van der Waals surface area contributed by atoms with Gasteiger partial charge in [-0.2, -0.15) is 0 Å². The second-order valence-electron chi connectivity index (χ2n) is 3.71. The molecule has 0 heterocycles. The minimum absolute atomic E-state index is 0.0249. The summed E-state index contributed by atoms with van der Waals surface area (Å²) in [7, 11) is 0. The van der Waals surface area contributed by atoms with Gasteiger partial charge in [0, 0.05) is 6.07 Å². The molecule has 7 heteroatoms. The van der Waals surface area contributed by atoms with Gasteiger partial charge in [0.05, 0.1) is 19.6 Å². The normalized spacial score (nSPS) is 11.7. The number of hydrogen-bond acceptors (Lipinski definition) is 4. The second kappa shape index (κ2) is 7.32. The molecule has 1 rings (SSSR count). The number of aliphatic carboxylic acids is 1. The van der Waals surface area contributed by atoms with Crippen LogP contribution < -0.4 is 10.1 Å². The summed E-state index contributed by atoms with van der Waals surface area (Å²) in [4.78, 5) is 21.5. The minimum Gasteiger partial charge on any atom is -0.493 e. The molecule has 0 spiro atoms. The Hall–Kier alpha value is -2.15. The number of aliphatic hydroxyl groups is 1. The van der Waals surface area contributed by atoms with Crippen molar-refractivity contribution in [3.05, 3.63) is 30.1 Å². The Bertz CT molecular complexity index is 452. The molecule has 3 N–H and O–H groups in total. The number of ether oxygens (including phenoxy) is 1. The first-order chi connectivity index (χ1) is 8.99. The molecule has 0 aromatic heterocycles. The van der Waals surface area contributed by atoms with Crippen LogP contribution in [-0.4, -0.2) is 41.3 Å². The quantitative estimate of drug-likeness (QED) is 0.656. The number of aliphatic hydroxyl groups excluding tert-OH is 1. The summed E-state index contributed by atoms with van der Waals surface area (Å²) in [6.07, 6.45) is -1.66. The molecule has 0 saturated heterocycles. The number of carbonyl (C=O) groups excluding carboxylic acids is 1. The Labute approximate surface area is 108 Å². The molecule has 104 valence electrons. The van der Waals surface area contributed by atoms with E-state index in [4.69, 9.17) is 14.9 Å². The molecule has 1 aromatic carbocycles. The van der Waals surface area contributed by atoms with E-state index < -0.39 is 23.8 Å². The lowest BCUT2D eigenvalue weighted by molar-refractivity contribution is -0.146. The fourth-order valence-corrected chi connectivity index (χ4v) is 1.20. The maximum absolute atomic E-state index is 12.8. The molecule has 0 fully saturated rings. The lowest BCUT2D eigenvalue weighted by Crippen LogP contribution is -2.36. The molecular formula is C12H14FNO5. The van der Waals surface area contributed by atoms with Crippen LogP contribution in [0.2, 0.25) is 0 Å². The molecule has 0 aliphatic carbocycles. The van der Waals surface area contributed by atoms with E-state index in [1.807, 2.05) is 0 Å². The van der Waals surface area contributed by atoms with Crippen LogP contribution in [-0.2, 0) is 9.59 Å². The van der Waals surface area contributed by atoms with Crippen LogP contribution in [0.5, 0.6) is 5.75 Å². The first-order valence-corrected chi connectivity index (χ1v) is 5.55. The van der Waals surface area contributed by atoms with Gasteiger partial charge in [0.25, 0.3) is 0 Å². The van der Waals surface area contributed by atoms with E-state index in [1.54, 1.807) is 6.07 Å². The third-order valence-corrected chi connectivity index (χ3v) is 2.17. The predicted octanol–water partition coefficient (Wildman–Crippen LogP) is 0.156. The van der Waals surface area contributed by atoms with Gasteiger partial charge in [0.15, 0.2) is 6.10 Å². The molecule has 1 aromatic rings. The molecule has 0 aliphatic heterocycles. The van der Waals surface area contributed by atoms with Gasteiger partial charge in [0.2, 0.25) is 5.91 Å². The first kappa shape index (κ1) is 14.9. The number of rotatable bonds is 7.